The van der Waals surface area contributed by atoms with Gasteiger partial charge in [-0.2, -0.15) is 0 Å². The Morgan fingerprint density at radius 2 is 1.76 bits per heavy atom. The van der Waals surface area contributed by atoms with Crippen molar-refractivity contribution in [3.05, 3.63) is 33.8 Å². The van der Waals surface area contributed by atoms with E-state index in [1.165, 1.54) is 0 Å². The van der Waals surface area contributed by atoms with E-state index in [0.717, 1.165) is 12.8 Å². The van der Waals surface area contributed by atoms with Crippen LogP contribution >= 0.6 is 23.2 Å². The van der Waals surface area contributed by atoms with Crippen molar-refractivity contribution < 1.29 is 19.1 Å². The summed E-state index contributed by atoms with van der Waals surface area (Å²) in [6.45, 7) is 7.52. The highest BCUT2D eigenvalue weighted by atomic mass is 35.5. The van der Waals surface area contributed by atoms with E-state index in [1.807, 2.05) is 25.7 Å². The van der Waals surface area contributed by atoms with E-state index in [9.17, 15) is 14.4 Å². The third-order valence-corrected chi connectivity index (χ3v) is 6.11. The fourth-order valence-corrected chi connectivity index (χ4v) is 4.49. The molecule has 0 radical (unpaired) electrons. The zero-order chi connectivity index (χ0) is 24.2. The predicted molar refractivity (Wildman–Crippen MR) is 126 cm³/mol. The zero-order valence-corrected chi connectivity index (χ0v) is 20.6. The third kappa shape index (κ3) is 7.28. The van der Waals surface area contributed by atoms with Gasteiger partial charge in [-0.25, -0.2) is 5.43 Å². The van der Waals surface area contributed by atoms with Crippen LogP contribution < -0.4 is 21.5 Å². The van der Waals surface area contributed by atoms with Crippen molar-refractivity contribution in [3.63, 3.8) is 0 Å². The van der Waals surface area contributed by atoms with Crippen molar-refractivity contribution >= 4 is 41.0 Å². The number of rotatable bonds is 6. The standard InChI is InChI=1S/C22H31Cl2N5O4/c1-22(2,3)33-17(30)12-29-9-7-13(8-10-29)26-21(32)19-16(11-25-28-19)27-20(31)18-14(23)5-4-6-15(18)24/h4-6,13,16,19,25,28H,7-12H2,1-3H3,(H,26,32)(H,27,31). The second-order valence-electron chi connectivity index (χ2n) is 9.32. The number of nitrogens with one attached hydrogen (secondary N) is 4. The molecule has 0 saturated carbocycles. The molecule has 1 aromatic rings. The van der Waals surface area contributed by atoms with Gasteiger partial charge in [0.25, 0.3) is 5.91 Å². The molecule has 2 amide bonds. The molecule has 33 heavy (non-hydrogen) atoms. The molecule has 0 spiro atoms. The Morgan fingerprint density at radius 1 is 1.12 bits per heavy atom. The first-order valence-electron chi connectivity index (χ1n) is 11.0. The van der Waals surface area contributed by atoms with E-state index < -0.39 is 23.6 Å². The third-order valence-electron chi connectivity index (χ3n) is 5.48. The Bertz CT molecular complexity index is 864. The van der Waals surface area contributed by atoms with Crippen molar-refractivity contribution in [1.82, 2.24) is 26.4 Å². The largest absolute Gasteiger partial charge is 0.459 e. The number of carbonyl (C=O) groups excluding carboxylic acids is 3. The van der Waals surface area contributed by atoms with Gasteiger partial charge in [-0.3, -0.25) is 24.7 Å². The molecule has 9 nitrogen and oxygen atoms in total. The van der Waals surface area contributed by atoms with E-state index in [0.29, 0.717) is 19.6 Å². The molecule has 1 aromatic carbocycles. The maximum Gasteiger partial charge on any atom is 0.320 e. The number of amides is 2. The fraction of sp³-hybridized carbons (Fsp3) is 0.591. The van der Waals surface area contributed by atoms with Crippen LogP contribution in [-0.2, 0) is 14.3 Å². The molecular formula is C22H31Cl2N5O4. The lowest BCUT2D eigenvalue weighted by Crippen LogP contribution is -2.56. The Hall–Kier alpha value is -1.91. The molecule has 0 aliphatic carbocycles. The highest BCUT2D eigenvalue weighted by Crippen LogP contribution is 2.24. The number of ether oxygens (including phenoxy) is 1. The molecule has 3 rings (SSSR count). The normalized spacial score (nSPS) is 22.1. The van der Waals surface area contributed by atoms with Crippen molar-refractivity contribution in [2.45, 2.75) is 57.3 Å². The van der Waals surface area contributed by atoms with Crippen LogP contribution in [-0.4, -0.2) is 72.6 Å². The number of esters is 1. The molecular weight excluding hydrogens is 469 g/mol. The van der Waals surface area contributed by atoms with Gasteiger partial charge in [0.1, 0.15) is 11.6 Å². The Morgan fingerprint density at radius 3 is 2.36 bits per heavy atom. The molecule has 11 heteroatoms. The van der Waals surface area contributed by atoms with Gasteiger partial charge >= 0.3 is 5.97 Å². The molecule has 2 heterocycles. The van der Waals surface area contributed by atoms with Crippen LogP contribution in [0.15, 0.2) is 18.2 Å². The summed E-state index contributed by atoms with van der Waals surface area (Å²) in [7, 11) is 0. The first-order valence-corrected chi connectivity index (χ1v) is 11.8. The minimum absolute atomic E-state index is 0.0100. The van der Waals surface area contributed by atoms with Crippen LogP contribution in [0.2, 0.25) is 10.0 Å². The predicted octanol–water partition coefficient (Wildman–Crippen LogP) is 1.49. The number of halogens is 2. The number of hydrogen-bond donors (Lipinski definition) is 4. The average molecular weight is 500 g/mol. The van der Waals surface area contributed by atoms with Crippen molar-refractivity contribution in [2.75, 3.05) is 26.2 Å². The SMILES string of the molecule is CC(C)(C)OC(=O)CN1CCC(NC(=O)C2NNCC2NC(=O)c2c(Cl)cccc2Cl)CC1. The topological polar surface area (TPSA) is 112 Å². The number of hydrogen-bond acceptors (Lipinski definition) is 7. The minimum Gasteiger partial charge on any atom is -0.459 e. The molecule has 2 atom stereocenters. The molecule has 4 N–H and O–H groups in total. The van der Waals surface area contributed by atoms with Gasteiger partial charge < -0.3 is 15.4 Å². The van der Waals surface area contributed by atoms with E-state index >= 15 is 0 Å². The van der Waals surface area contributed by atoms with Crippen LogP contribution in [0.25, 0.3) is 0 Å². The Balaban J connectivity index is 1.48. The summed E-state index contributed by atoms with van der Waals surface area (Å²) >= 11 is 12.2. The monoisotopic (exact) mass is 499 g/mol. The van der Waals surface area contributed by atoms with Crippen LogP contribution in [0.4, 0.5) is 0 Å². The van der Waals surface area contributed by atoms with Crippen LogP contribution in [0, 0.1) is 0 Å². The Labute approximate surface area is 203 Å². The van der Waals surface area contributed by atoms with Gasteiger partial charge in [0, 0.05) is 25.7 Å². The first kappa shape index (κ1) is 25.7. The molecule has 2 aliphatic heterocycles. The van der Waals surface area contributed by atoms with Gasteiger partial charge in [0.05, 0.1) is 28.2 Å². The number of piperidine rings is 1. The highest BCUT2D eigenvalue weighted by molar-refractivity contribution is 6.39. The maximum absolute atomic E-state index is 12.9. The summed E-state index contributed by atoms with van der Waals surface area (Å²) in [4.78, 5) is 39.6. The van der Waals surface area contributed by atoms with Crippen LogP contribution in [0.5, 0.6) is 0 Å². The molecule has 2 aliphatic rings. The van der Waals surface area contributed by atoms with Gasteiger partial charge in [-0.15, -0.1) is 0 Å². The van der Waals surface area contributed by atoms with Crippen LogP contribution in [0.3, 0.4) is 0 Å². The Kier molecular flexibility index (Phi) is 8.58. The quantitative estimate of drug-likeness (QED) is 0.438. The lowest BCUT2D eigenvalue weighted by atomic mass is 10.0. The molecule has 0 bridgehead atoms. The average Bonchev–Trinajstić information content (AvgIpc) is 3.16. The highest BCUT2D eigenvalue weighted by Gasteiger charge is 2.36. The van der Waals surface area contributed by atoms with E-state index in [-0.39, 0.29) is 40.1 Å². The summed E-state index contributed by atoms with van der Waals surface area (Å²) in [6.07, 6.45) is 1.45. The minimum atomic E-state index is -0.644. The number of carbonyl (C=O) groups is 3. The molecule has 2 fully saturated rings. The summed E-state index contributed by atoms with van der Waals surface area (Å²) in [5, 5.41) is 6.39. The van der Waals surface area contributed by atoms with Gasteiger partial charge in [0.2, 0.25) is 5.91 Å². The van der Waals surface area contributed by atoms with E-state index in [2.05, 4.69) is 21.5 Å². The number of nitrogens with zero attached hydrogens (tertiary/aromatic N) is 1. The molecule has 2 unspecified atom stereocenters. The maximum atomic E-state index is 12.9. The van der Waals surface area contributed by atoms with Gasteiger partial charge in [0.15, 0.2) is 0 Å². The second kappa shape index (κ2) is 11.0. The van der Waals surface area contributed by atoms with Crippen molar-refractivity contribution in [3.8, 4) is 0 Å². The van der Waals surface area contributed by atoms with Crippen LogP contribution in [0.1, 0.15) is 44.0 Å². The second-order valence-corrected chi connectivity index (χ2v) is 10.1. The number of hydrazine groups is 1. The van der Waals surface area contributed by atoms with E-state index in [4.69, 9.17) is 27.9 Å². The molecule has 0 aromatic heterocycles. The summed E-state index contributed by atoms with van der Waals surface area (Å²) in [5.74, 6) is -0.890. The number of likely N-dealkylation sites (tertiary alicyclic amines) is 1. The zero-order valence-electron chi connectivity index (χ0n) is 19.0. The number of benzene rings is 1. The molecule has 2 saturated heterocycles. The fourth-order valence-electron chi connectivity index (χ4n) is 3.92. The van der Waals surface area contributed by atoms with Gasteiger partial charge in [-0.1, -0.05) is 29.3 Å². The lowest BCUT2D eigenvalue weighted by Gasteiger charge is -2.33. The summed E-state index contributed by atoms with van der Waals surface area (Å²) < 4.78 is 5.37. The van der Waals surface area contributed by atoms with Crippen molar-refractivity contribution in [1.29, 1.82) is 0 Å². The first-order chi connectivity index (χ1) is 15.5. The lowest BCUT2D eigenvalue weighted by molar-refractivity contribution is -0.156. The van der Waals surface area contributed by atoms with E-state index in [1.54, 1.807) is 18.2 Å². The van der Waals surface area contributed by atoms with Gasteiger partial charge in [-0.05, 0) is 45.7 Å². The molecule has 182 valence electrons. The summed E-state index contributed by atoms with van der Waals surface area (Å²) in [6, 6.07) is 3.71. The smallest absolute Gasteiger partial charge is 0.320 e. The van der Waals surface area contributed by atoms with Crippen molar-refractivity contribution in [2.24, 2.45) is 0 Å². The summed E-state index contributed by atoms with van der Waals surface area (Å²) in [5.41, 5.74) is 5.53.